The number of hydrogen-bond acceptors (Lipinski definition) is 3. The molecule has 0 bridgehead atoms. The maximum absolute atomic E-state index is 12.1. The van der Waals surface area contributed by atoms with Crippen LogP contribution in [0.5, 0.6) is 0 Å². The quantitative estimate of drug-likeness (QED) is 0.599. The van der Waals surface area contributed by atoms with E-state index in [0.717, 1.165) is 5.56 Å². The first-order chi connectivity index (χ1) is 8.43. The Morgan fingerprint density at radius 3 is 2.44 bits per heavy atom. The highest BCUT2D eigenvalue weighted by molar-refractivity contribution is 5.41. The van der Waals surface area contributed by atoms with Crippen LogP contribution in [-0.4, -0.2) is 14.3 Å². The molecule has 0 saturated carbocycles. The number of hydrogen-bond donors (Lipinski definition) is 0. The molecular formula is C12H13N3O3. The first-order valence-electron chi connectivity index (χ1n) is 5.43. The average molecular weight is 247 g/mol. The topological polar surface area (TPSA) is 70.1 Å². The third kappa shape index (κ3) is 1.71. The molecule has 0 amide bonds. The molecule has 2 rings (SSSR count). The van der Waals surface area contributed by atoms with Crippen molar-refractivity contribution in [2.75, 3.05) is 0 Å². The Morgan fingerprint density at radius 2 is 1.94 bits per heavy atom. The molecule has 0 saturated heterocycles. The first-order valence-corrected chi connectivity index (χ1v) is 5.43. The number of aryl methyl sites for hydroxylation is 1. The highest BCUT2D eigenvalue weighted by Gasteiger charge is 2.25. The van der Waals surface area contributed by atoms with E-state index in [1.807, 2.05) is 25.1 Å². The molecule has 1 aromatic carbocycles. The van der Waals surface area contributed by atoms with E-state index in [4.69, 9.17) is 0 Å². The van der Waals surface area contributed by atoms with Crippen molar-refractivity contribution in [2.24, 2.45) is 7.05 Å². The molecule has 0 N–H and O–H groups in total. The fourth-order valence-corrected chi connectivity index (χ4v) is 1.95. The summed E-state index contributed by atoms with van der Waals surface area (Å²) in [4.78, 5) is 22.3. The monoisotopic (exact) mass is 247 g/mol. The number of nitrogens with zero attached hydrogens (tertiary/aromatic N) is 3. The van der Waals surface area contributed by atoms with E-state index in [-0.39, 0.29) is 5.69 Å². The molecular weight excluding hydrogens is 234 g/mol. The Hall–Kier alpha value is -2.37. The second kappa shape index (κ2) is 4.14. The molecule has 94 valence electrons. The van der Waals surface area contributed by atoms with Gasteiger partial charge in [0.15, 0.2) is 0 Å². The second-order valence-electron chi connectivity index (χ2n) is 4.17. The summed E-state index contributed by atoms with van der Waals surface area (Å²) in [5.74, 6) is 0. The maximum atomic E-state index is 12.1. The van der Waals surface area contributed by atoms with Gasteiger partial charge in [0, 0.05) is 7.05 Å². The molecule has 0 aliphatic carbocycles. The maximum Gasteiger partial charge on any atom is 0.356 e. The van der Waals surface area contributed by atoms with Crippen LogP contribution >= 0.6 is 0 Å². The van der Waals surface area contributed by atoms with Crippen LogP contribution in [0.4, 0.5) is 5.69 Å². The zero-order valence-electron chi connectivity index (χ0n) is 10.4. The van der Waals surface area contributed by atoms with Gasteiger partial charge in [-0.1, -0.05) is 12.1 Å². The lowest BCUT2D eigenvalue weighted by Gasteiger charge is -2.07. The number of benzene rings is 1. The molecule has 1 heterocycles. The van der Waals surface area contributed by atoms with Gasteiger partial charge in [0.25, 0.3) is 0 Å². The van der Waals surface area contributed by atoms with Gasteiger partial charge >= 0.3 is 11.2 Å². The van der Waals surface area contributed by atoms with Crippen molar-refractivity contribution >= 4 is 5.69 Å². The largest absolute Gasteiger partial charge is 0.356 e. The summed E-state index contributed by atoms with van der Waals surface area (Å²) in [5, 5.41) is 10.9. The minimum atomic E-state index is -0.635. The predicted molar refractivity (Wildman–Crippen MR) is 67.1 cm³/mol. The van der Waals surface area contributed by atoms with E-state index in [2.05, 4.69) is 0 Å². The number of aromatic nitrogens is 2. The summed E-state index contributed by atoms with van der Waals surface area (Å²) in [6, 6.07) is 7.27. The summed E-state index contributed by atoms with van der Waals surface area (Å²) in [6.45, 7) is 3.46. The van der Waals surface area contributed by atoms with Gasteiger partial charge in [0.2, 0.25) is 0 Å². The Balaban J connectivity index is 2.78. The molecule has 1 aromatic heterocycles. The van der Waals surface area contributed by atoms with Gasteiger partial charge in [0.05, 0.1) is 10.6 Å². The standard InChI is InChI=1S/C12H13N3O3/c1-8-5-4-6-10(7-8)14-12(16)11(15(17)18)9(2)13(14)3/h4-7H,1-3H3. The smallest absolute Gasteiger partial charge is 0.278 e. The minimum Gasteiger partial charge on any atom is -0.278 e. The predicted octanol–water partition coefficient (Wildman–Crippen LogP) is 1.70. The molecule has 6 nitrogen and oxygen atoms in total. The van der Waals surface area contributed by atoms with E-state index in [1.165, 1.54) is 9.36 Å². The first kappa shape index (κ1) is 12.1. The van der Waals surface area contributed by atoms with Gasteiger partial charge in [-0.15, -0.1) is 0 Å². The van der Waals surface area contributed by atoms with Crippen LogP contribution < -0.4 is 5.56 Å². The van der Waals surface area contributed by atoms with Gasteiger partial charge in [-0.3, -0.25) is 19.6 Å². The van der Waals surface area contributed by atoms with Crippen LogP contribution in [0.3, 0.4) is 0 Å². The molecule has 0 fully saturated rings. The normalized spacial score (nSPS) is 10.6. The summed E-state index contributed by atoms with van der Waals surface area (Å²) in [5.41, 5.74) is 0.968. The van der Waals surface area contributed by atoms with Crippen LogP contribution in [0.2, 0.25) is 0 Å². The van der Waals surface area contributed by atoms with Gasteiger partial charge in [0.1, 0.15) is 5.69 Å². The molecule has 0 aliphatic rings. The molecule has 0 radical (unpaired) electrons. The Kier molecular flexibility index (Phi) is 2.78. The second-order valence-corrected chi connectivity index (χ2v) is 4.17. The fourth-order valence-electron chi connectivity index (χ4n) is 1.95. The number of nitro groups is 1. The Morgan fingerprint density at radius 1 is 1.28 bits per heavy atom. The molecule has 18 heavy (non-hydrogen) atoms. The van der Waals surface area contributed by atoms with Crippen molar-refractivity contribution in [1.29, 1.82) is 0 Å². The van der Waals surface area contributed by atoms with E-state index >= 15 is 0 Å². The highest BCUT2D eigenvalue weighted by Crippen LogP contribution is 2.16. The van der Waals surface area contributed by atoms with Crippen molar-refractivity contribution in [3.05, 3.63) is 56.0 Å². The van der Waals surface area contributed by atoms with Crippen molar-refractivity contribution in [3.63, 3.8) is 0 Å². The number of rotatable bonds is 2. The zero-order chi connectivity index (χ0) is 13.4. The van der Waals surface area contributed by atoms with E-state index < -0.39 is 10.5 Å². The summed E-state index contributed by atoms with van der Waals surface area (Å²) in [7, 11) is 1.63. The Labute approximate surface area is 103 Å². The van der Waals surface area contributed by atoms with Crippen molar-refractivity contribution in [3.8, 4) is 5.69 Å². The van der Waals surface area contributed by atoms with E-state index in [0.29, 0.717) is 11.4 Å². The van der Waals surface area contributed by atoms with E-state index in [1.54, 1.807) is 20.0 Å². The van der Waals surface area contributed by atoms with Crippen LogP contribution in [0, 0.1) is 24.0 Å². The third-order valence-electron chi connectivity index (χ3n) is 2.95. The van der Waals surface area contributed by atoms with Crippen LogP contribution in [-0.2, 0) is 7.05 Å². The molecule has 0 unspecified atom stereocenters. The average Bonchev–Trinajstić information content (AvgIpc) is 2.50. The lowest BCUT2D eigenvalue weighted by atomic mass is 10.2. The molecule has 0 aliphatic heterocycles. The lowest BCUT2D eigenvalue weighted by Crippen LogP contribution is -2.20. The molecule has 0 spiro atoms. The minimum absolute atomic E-state index is 0.339. The third-order valence-corrected chi connectivity index (χ3v) is 2.95. The molecule has 2 aromatic rings. The van der Waals surface area contributed by atoms with E-state index in [9.17, 15) is 14.9 Å². The highest BCUT2D eigenvalue weighted by atomic mass is 16.6. The van der Waals surface area contributed by atoms with Gasteiger partial charge in [-0.05, 0) is 31.5 Å². The van der Waals surface area contributed by atoms with Crippen LogP contribution in [0.25, 0.3) is 5.69 Å². The molecule has 6 heteroatoms. The summed E-state index contributed by atoms with van der Waals surface area (Å²) in [6.07, 6.45) is 0. The van der Waals surface area contributed by atoms with Crippen molar-refractivity contribution in [1.82, 2.24) is 9.36 Å². The Bertz CT molecular complexity index is 682. The van der Waals surface area contributed by atoms with Gasteiger partial charge in [-0.25, -0.2) is 4.68 Å². The lowest BCUT2D eigenvalue weighted by molar-refractivity contribution is -0.386. The van der Waals surface area contributed by atoms with Gasteiger partial charge < -0.3 is 0 Å². The van der Waals surface area contributed by atoms with Crippen molar-refractivity contribution in [2.45, 2.75) is 13.8 Å². The molecule has 0 atom stereocenters. The zero-order valence-corrected chi connectivity index (χ0v) is 10.4. The van der Waals surface area contributed by atoms with Crippen LogP contribution in [0.15, 0.2) is 29.1 Å². The summed E-state index contributed by atoms with van der Waals surface area (Å²) < 4.78 is 2.80. The SMILES string of the molecule is Cc1cccc(-n2c(=O)c([N+](=O)[O-])c(C)n2C)c1. The summed E-state index contributed by atoms with van der Waals surface area (Å²) >= 11 is 0. The van der Waals surface area contributed by atoms with Gasteiger partial charge in [-0.2, -0.15) is 0 Å². The van der Waals surface area contributed by atoms with Crippen LogP contribution in [0.1, 0.15) is 11.3 Å². The van der Waals surface area contributed by atoms with Crippen molar-refractivity contribution < 1.29 is 4.92 Å². The fraction of sp³-hybridized carbons (Fsp3) is 0.250.